The Bertz CT molecular complexity index is 251. The Morgan fingerprint density at radius 2 is 1.92 bits per heavy atom. The average molecular weight is 227 g/mol. The summed E-state index contributed by atoms with van der Waals surface area (Å²) in [6.07, 6.45) is 2.94. The fourth-order valence-electron chi connectivity index (χ4n) is 1.04. The second-order valence-corrected chi connectivity index (χ2v) is 3.66. The van der Waals surface area contributed by atoms with Crippen LogP contribution in [0.2, 0.25) is 0 Å². The minimum atomic E-state index is 0.500. The van der Waals surface area contributed by atoms with Crippen molar-refractivity contribution in [2.75, 3.05) is 0 Å². The largest absolute Gasteiger partial charge is 0.490 e. The third-order valence-corrected chi connectivity index (χ3v) is 2.55. The van der Waals surface area contributed by atoms with E-state index in [2.05, 4.69) is 28.1 Å². The Balaban J connectivity index is 2.02. The highest BCUT2D eigenvalue weighted by Gasteiger charge is 2.23. The number of benzene rings is 1. The van der Waals surface area contributed by atoms with Crippen molar-refractivity contribution in [1.82, 2.24) is 0 Å². The maximum Gasteiger partial charge on any atom is 0.119 e. The van der Waals surface area contributed by atoms with Crippen molar-refractivity contribution in [3.8, 4) is 5.75 Å². The van der Waals surface area contributed by atoms with Crippen molar-refractivity contribution >= 4 is 15.9 Å². The van der Waals surface area contributed by atoms with Gasteiger partial charge in [-0.1, -0.05) is 28.1 Å². The normalized spacial score (nSPS) is 16.1. The van der Waals surface area contributed by atoms with Crippen LogP contribution < -0.4 is 4.74 Å². The summed E-state index contributed by atoms with van der Waals surface area (Å²) in [4.78, 5) is 0. The molecule has 1 aliphatic carbocycles. The van der Waals surface area contributed by atoms with Crippen molar-refractivity contribution in [1.29, 1.82) is 0 Å². The van der Waals surface area contributed by atoms with Crippen LogP contribution in [0.4, 0.5) is 0 Å². The van der Waals surface area contributed by atoms with Crippen molar-refractivity contribution in [3.05, 3.63) is 29.8 Å². The molecule has 1 aromatic rings. The van der Waals surface area contributed by atoms with Gasteiger partial charge in [-0.05, 0) is 30.5 Å². The van der Waals surface area contributed by atoms with Gasteiger partial charge in [0.2, 0.25) is 0 Å². The lowest BCUT2D eigenvalue weighted by Crippen LogP contribution is -1.95. The van der Waals surface area contributed by atoms with Gasteiger partial charge in [0.05, 0.1) is 6.10 Å². The SMILES string of the molecule is BrCc1ccc(OC2CC2)cc1. The predicted molar refractivity (Wildman–Crippen MR) is 52.7 cm³/mol. The van der Waals surface area contributed by atoms with E-state index in [1.807, 2.05) is 12.1 Å². The van der Waals surface area contributed by atoms with Crippen LogP contribution in [-0.4, -0.2) is 6.10 Å². The zero-order chi connectivity index (χ0) is 8.39. The van der Waals surface area contributed by atoms with E-state index < -0.39 is 0 Å². The molecule has 0 atom stereocenters. The van der Waals surface area contributed by atoms with E-state index >= 15 is 0 Å². The third-order valence-electron chi connectivity index (χ3n) is 1.90. The molecule has 1 aromatic carbocycles. The molecule has 0 aromatic heterocycles. The first kappa shape index (κ1) is 8.11. The van der Waals surface area contributed by atoms with Crippen LogP contribution in [0.1, 0.15) is 18.4 Å². The molecule has 0 amide bonds. The monoisotopic (exact) mass is 226 g/mol. The molecule has 0 heterocycles. The molecule has 12 heavy (non-hydrogen) atoms. The highest BCUT2D eigenvalue weighted by molar-refractivity contribution is 9.08. The molecule has 0 unspecified atom stereocenters. The predicted octanol–water partition coefficient (Wildman–Crippen LogP) is 3.12. The third kappa shape index (κ3) is 2.01. The van der Waals surface area contributed by atoms with E-state index in [0.717, 1.165) is 11.1 Å². The lowest BCUT2D eigenvalue weighted by Gasteiger charge is -2.03. The number of alkyl halides is 1. The molecule has 0 bridgehead atoms. The smallest absolute Gasteiger partial charge is 0.119 e. The molecule has 0 spiro atoms. The van der Waals surface area contributed by atoms with Gasteiger partial charge in [-0.15, -0.1) is 0 Å². The average Bonchev–Trinajstić information content (AvgIpc) is 2.90. The quantitative estimate of drug-likeness (QED) is 0.721. The Labute approximate surface area is 80.9 Å². The Hall–Kier alpha value is -0.500. The maximum absolute atomic E-state index is 5.61. The molecule has 0 aliphatic heterocycles. The number of rotatable bonds is 3. The first-order valence-corrected chi connectivity index (χ1v) is 5.32. The fourth-order valence-corrected chi connectivity index (χ4v) is 1.41. The maximum atomic E-state index is 5.61. The molecule has 64 valence electrons. The number of ether oxygens (including phenoxy) is 1. The molecule has 1 aliphatic rings. The van der Waals surface area contributed by atoms with E-state index in [0.29, 0.717) is 6.10 Å². The summed E-state index contributed by atoms with van der Waals surface area (Å²) in [5, 5.41) is 0.913. The summed E-state index contributed by atoms with van der Waals surface area (Å²) >= 11 is 3.40. The molecule has 1 fully saturated rings. The number of hydrogen-bond acceptors (Lipinski definition) is 1. The molecule has 1 saturated carbocycles. The fraction of sp³-hybridized carbons (Fsp3) is 0.400. The molecular formula is C10H11BrO. The van der Waals surface area contributed by atoms with Crippen LogP contribution >= 0.6 is 15.9 Å². The van der Waals surface area contributed by atoms with Gasteiger partial charge >= 0.3 is 0 Å². The van der Waals surface area contributed by atoms with Crippen LogP contribution in [0.3, 0.4) is 0 Å². The van der Waals surface area contributed by atoms with E-state index in [-0.39, 0.29) is 0 Å². The zero-order valence-corrected chi connectivity index (χ0v) is 8.38. The lowest BCUT2D eigenvalue weighted by atomic mass is 10.2. The van der Waals surface area contributed by atoms with Gasteiger partial charge in [-0.2, -0.15) is 0 Å². The molecule has 0 saturated heterocycles. The summed E-state index contributed by atoms with van der Waals surface area (Å²) in [5.41, 5.74) is 1.29. The van der Waals surface area contributed by atoms with Gasteiger partial charge in [0.1, 0.15) is 5.75 Å². The Morgan fingerprint density at radius 3 is 2.42 bits per heavy atom. The second kappa shape index (κ2) is 3.48. The molecular weight excluding hydrogens is 216 g/mol. The summed E-state index contributed by atoms with van der Waals surface area (Å²) < 4.78 is 5.61. The Kier molecular flexibility index (Phi) is 2.35. The summed E-state index contributed by atoms with van der Waals surface area (Å²) in [6.45, 7) is 0. The van der Waals surface area contributed by atoms with E-state index in [4.69, 9.17) is 4.74 Å². The van der Waals surface area contributed by atoms with Gasteiger partial charge in [0.15, 0.2) is 0 Å². The van der Waals surface area contributed by atoms with Crippen molar-refractivity contribution in [2.24, 2.45) is 0 Å². The molecule has 0 N–H and O–H groups in total. The molecule has 0 radical (unpaired) electrons. The second-order valence-electron chi connectivity index (χ2n) is 3.09. The molecule has 1 nitrogen and oxygen atoms in total. The topological polar surface area (TPSA) is 9.23 Å². The van der Waals surface area contributed by atoms with Gasteiger partial charge in [0, 0.05) is 5.33 Å². The molecule has 2 heteroatoms. The van der Waals surface area contributed by atoms with Gasteiger partial charge in [-0.3, -0.25) is 0 Å². The van der Waals surface area contributed by atoms with Crippen LogP contribution in [0.15, 0.2) is 24.3 Å². The van der Waals surface area contributed by atoms with Gasteiger partial charge < -0.3 is 4.74 Å². The van der Waals surface area contributed by atoms with Crippen LogP contribution in [0, 0.1) is 0 Å². The minimum Gasteiger partial charge on any atom is -0.490 e. The van der Waals surface area contributed by atoms with Crippen LogP contribution in [0.25, 0.3) is 0 Å². The number of halogens is 1. The van der Waals surface area contributed by atoms with Crippen molar-refractivity contribution in [3.63, 3.8) is 0 Å². The summed E-state index contributed by atoms with van der Waals surface area (Å²) in [7, 11) is 0. The summed E-state index contributed by atoms with van der Waals surface area (Å²) in [6, 6.07) is 8.25. The Morgan fingerprint density at radius 1 is 1.25 bits per heavy atom. The van der Waals surface area contributed by atoms with Crippen LogP contribution in [-0.2, 0) is 5.33 Å². The van der Waals surface area contributed by atoms with E-state index in [1.165, 1.54) is 18.4 Å². The number of hydrogen-bond donors (Lipinski definition) is 0. The zero-order valence-electron chi connectivity index (χ0n) is 6.79. The standard InChI is InChI=1S/C10H11BrO/c11-7-8-1-3-9(4-2-8)12-10-5-6-10/h1-4,10H,5-7H2. The first-order chi connectivity index (χ1) is 5.88. The summed E-state index contributed by atoms with van der Waals surface area (Å²) in [5.74, 6) is 1.00. The highest BCUT2D eigenvalue weighted by atomic mass is 79.9. The van der Waals surface area contributed by atoms with E-state index in [9.17, 15) is 0 Å². The van der Waals surface area contributed by atoms with Crippen molar-refractivity contribution in [2.45, 2.75) is 24.3 Å². The first-order valence-electron chi connectivity index (χ1n) is 4.20. The van der Waals surface area contributed by atoms with Crippen LogP contribution in [0.5, 0.6) is 5.75 Å². The molecule has 2 rings (SSSR count). The lowest BCUT2D eigenvalue weighted by molar-refractivity contribution is 0.303. The van der Waals surface area contributed by atoms with E-state index in [1.54, 1.807) is 0 Å². The van der Waals surface area contributed by atoms with Gasteiger partial charge in [-0.25, -0.2) is 0 Å². The van der Waals surface area contributed by atoms with Gasteiger partial charge in [0.25, 0.3) is 0 Å². The highest BCUT2D eigenvalue weighted by Crippen LogP contribution is 2.26. The minimum absolute atomic E-state index is 0.500. The van der Waals surface area contributed by atoms with Crippen molar-refractivity contribution < 1.29 is 4.74 Å².